The van der Waals surface area contributed by atoms with Crippen molar-refractivity contribution in [3.8, 4) is 0 Å². The Morgan fingerprint density at radius 2 is 1.84 bits per heavy atom. The highest BCUT2D eigenvalue weighted by atomic mass is 16.5. The molecule has 2 unspecified atom stereocenters. The van der Waals surface area contributed by atoms with E-state index in [9.17, 15) is 4.79 Å². The Morgan fingerprint density at radius 3 is 2.44 bits per heavy atom. The number of aromatic nitrogens is 3. The van der Waals surface area contributed by atoms with Crippen LogP contribution in [0.4, 0.5) is 0 Å². The maximum absolute atomic E-state index is 12.4. The average Bonchev–Trinajstić information content (AvgIpc) is 3.36. The van der Waals surface area contributed by atoms with E-state index in [0.717, 1.165) is 58.5 Å². The molecule has 4 rings (SSSR count). The fraction of sp³-hybridized carbons (Fsp3) is 0.667. The van der Waals surface area contributed by atoms with Gasteiger partial charge in [-0.05, 0) is 37.8 Å². The molecular formula is C18H26N4O3. The Balaban J connectivity index is 1.42. The van der Waals surface area contributed by atoms with Crippen LogP contribution in [0.2, 0.25) is 0 Å². The zero-order chi connectivity index (χ0) is 17.1. The smallest absolute Gasteiger partial charge is 0.350 e. The van der Waals surface area contributed by atoms with E-state index in [4.69, 9.17) is 9.47 Å². The van der Waals surface area contributed by atoms with E-state index in [1.54, 1.807) is 15.3 Å². The van der Waals surface area contributed by atoms with Gasteiger partial charge in [0, 0.05) is 39.0 Å². The second-order valence-corrected chi connectivity index (χ2v) is 6.96. The molecule has 2 atom stereocenters. The second-order valence-electron chi connectivity index (χ2n) is 6.96. The molecule has 2 aromatic heterocycles. The lowest BCUT2D eigenvalue weighted by Gasteiger charge is -2.27. The van der Waals surface area contributed by atoms with Crippen molar-refractivity contribution in [1.82, 2.24) is 19.1 Å². The third-order valence-electron chi connectivity index (χ3n) is 5.09. The molecule has 2 aromatic rings. The monoisotopic (exact) mass is 346 g/mol. The lowest BCUT2D eigenvalue weighted by atomic mass is 10.2. The average molecular weight is 346 g/mol. The van der Waals surface area contributed by atoms with Crippen LogP contribution in [0, 0.1) is 0 Å². The number of hydrogen-bond acceptors (Lipinski definition) is 5. The third kappa shape index (κ3) is 3.94. The molecule has 7 nitrogen and oxygen atoms in total. The molecule has 7 heteroatoms. The van der Waals surface area contributed by atoms with Crippen LogP contribution < -0.4 is 5.69 Å². The van der Waals surface area contributed by atoms with E-state index >= 15 is 0 Å². The summed E-state index contributed by atoms with van der Waals surface area (Å²) in [6.45, 7) is 4.90. The summed E-state index contributed by atoms with van der Waals surface area (Å²) in [4.78, 5) is 14.8. The van der Waals surface area contributed by atoms with E-state index < -0.39 is 0 Å². The summed E-state index contributed by atoms with van der Waals surface area (Å²) in [7, 11) is 0. The molecule has 0 aromatic carbocycles. The van der Waals surface area contributed by atoms with Gasteiger partial charge in [0.25, 0.3) is 0 Å². The number of fused-ring (bicyclic) bond motifs is 1. The minimum absolute atomic E-state index is 0.0789. The zero-order valence-corrected chi connectivity index (χ0v) is 14.5. The van der Waals surface area contributed by atoms with Crippen LogP contribution in [0.1, 0.15) is 25.7 Å². The number of nitrogens with zero attached hydrogens (tertiary/aromatic N) is 4. The van der Waals surface area contributed by atoms with Crippen molar-refractivity contribution >= 4 is 5.65 Å². The largest absolute Gasteiger partial charge is 0.377 e. The quantitative estimate of drug-likeness (QED) is 0.753. The van der Waals surface area contributed by atoms with Gasteiger partial charge >= 0.3 is 5.69 Å². The van der Waals surface area contributed by atoms with Crippen molar-refractivity contribution in [1.29, 1.82) is 0 Å². The predicted molar refractivity (Wildman–Crippen MR) is 93.8 cm³/mol. The van der Waals surface area contributed by atoms with Gasteiger partial charge in [-0.2, -0.15) is 0 Å². The van der Waals surface area contributed by atoms with Crippen molar-refractivity contribution in [3.63, 3.8) is 0 Å². The second kappa shape index (κ2) is 7.68. The summed E-state index contributed by atoms with van der Waals surface area (Å²) < 4.78 is 14.8. The molecule has 0 N–H and O–H groups in total. The summed E-state index contributed by atoms with van der Waals surface area (Å²) in [5.74, 6) is 0. The van der Waals surface area contributed by atoms with Crippen LogP contribution in [0.3, 0.4) is 0 Å². The minimum atomic E-state index is -0.0789. The highest BCUT2D eigenvalue weighted by Crippen LogP contribution is 2.17. The van der Waals surface area contributed by atoms with Crippen molar-refractivity contribution < 1.29 is 9.47 Å². The first-order valence-corrected chi connectivity index (χ1v) is 9.29. The fourth-order valence-electron chi connectivity index (χ4n) is 3.76. The van der Waals surface area contributed by atoms with Crippen LogP contribution in [-0.2, 0) is 16.0 Å². The first-order valence-electron chi connectivity index (χ1n) is 9.29. The molecule has 136 valence electrons. The molecule has 0 aliphatic carbocycles. The molecule has 2 fully saturated rings. The Morgan fingerprint density at radius 1 is 1.12 bits per heavy atom. The van der Waals surface area contributed by atoms with Crippen LogP contribution >= 0.6 is 0 Å². The van der Waals surface area contributed by atoms with Gasteiger partial charge < -0.3 is 9.47 Å². The first kappa shape index (κ1) is 16.8. The van der Waals surface area contributed by atoms with Crippen molar-refractivity contribution in [2.75, 3.05) is 32.8 Å². The Kier molecular flexibility index (Phi) is 5.14. The van der Waals surface area contributed by atoms with Gasteiger partial charge in [-0.3, -0.25) is 9.30 Å². The highest BCUT2D eigenvalue weighted by molar-refractivity contribution is 5.35. The van der Waals surface area contributed by atoms with Gasteiger partial charge in [-0.1, -0.05) is 6.07 Å². The van der Waals surface area contributed by atoms with Crippen molar-refractivity contribution in [2.45, 2.75) is 44.4 Å². The fourth-order valence-corrected chi connectivity index (χ4v) is 3.76. The summed E-state index contributed by atoms with van der Waals surface area (Å²) in [6, 6.07) is 5.60. The zero-order valence-electron chi connectivity index (χ0n) is 14.5. The van der Waals surface area contributed by atoms with Gasteiger partial charge in [0.2, 0.25) is 0 Å². The Bertz CT molecular complexity index is 726. The first-order chi connectivity index (χ1) is 12.3. The Hall–Kier alpha value is -1.70. The molecule has 0 bridgehead atoms. The van der Waals surface area contributed by atoms with Crippen LogP contribution in [-0.4, -0.2) is 64.1 Å². The van der Waals surface area contributed by atoms with Crippen LogP contribution in [0.25, 0.3) is 5.65 Å². The Labute approximate surface area is 147 Å². The topological polar surface area (TPSA) is 61.0 Å². The van der Waals surface area contributed by atoms with E-state index in [0.29, 0.717) is 24.4 Å². The maximum Gasteiger partial charge on any atom is 0.350 e. The van der Waals surface area contributed by atoms with Crippen molar-refractivity contribution in [3.05, 3.63) is 34.9 Å². The summed E-state index contributed by atoms with van der Waals surface area (Å²) in [5.41, 5.74) is 0.613. The normalized spacial score (nSPS) is 23.9. The molecule has 0 radical (unpaired) electrons. The maximum atomic E-state index is 12.4. The molecule has 25 heavy (non-hydrogen) atoms. The molecule has 2 aliphatic heterocycles. The van der Waals surface area contributed by atoms with Gasteiger partial charge in [0.05, 0.1) is 18.8 Å². The summed E-state index contributed by atoms with van der Waals surface area (Å²) in [6.07, 6.45) is 6.90. The van der Waals surface area contributed by atoms with E-state index in [-0.39, 0.29) is 5.69 Å². The van der Waals surface area contributed by atoms with E-state index in [2.05, 4.69) is 10.00 Å². The SMILES string of the molecule is O=c1n(CCN(CC2CCCO2)CC2CCCO2)nc2ccccn12. The predicted octanol–water partition coefficient (Wildman–Crippen LogP) is 1.16. The highest BCUT2D eigenvalue weighted by Gasteiger charge is 2.24. The van der Waals surface area contributed by atoms with E-state index in [1.807, 2.05) is 18.2 Å². The van der Waals surface area contributed by atoms with Gasteiger partial charge in [0.15, 0.2) is 5.65 Å². The molecule has 0 amide bonds. The number of pyridine rings is 1. The minimum Gasteiger partial charge on any atom is -0.377 e. The molecule has 0 spiro atoms. The van der Waals surface area contributed by atoms with Crippen LogP contribution in [0.5, 0.6) is 0 Å². The molecule has 2 saturated heterocycles. The lowest BCUT2D eigenvalue weighted by molar-refractivity contribution is 0.0359. The number of ether oxygens (including phenoxy) is 2. The number of hydrogen-bond donors (Lipinski definition) is 0. The molecule has 2 aliphatic rings. The van der Waals surface area contributed by atoms with Gasteiger partial charge in [0.1, 0.15) is 0 Å². The summed E-state index contributed by atoms with van der Waals surface area (Å²) in [5, 5.41) is 4.43. The third-order valence-corrected chi connectivity index (χ3v) is 5.09. The van der Waals surface area contributed by atoms with Gasteiger partial charge in [-0.25, -0.2) is 9.48 Å². The van der Waals surface area contributed by atoms with Gasteiger partial charge in [-0.15, -0.1) is 5.10 Å². The van der Waals surface area contributed by atoms with E-state index in [1.165, 1.54) is 0 Å². The standard InChI is InChI=1S/C18H26N4O3/c23-18-21-8-2-1-7-17(21)19-22(18)10-9-20(13-15-5-3-11-24-15)14-16-6-4-12-25-16/h1-2,7-8,15-16H,3-6,9-14H2. The summed E-state index contributed by atoms with van der Waals surface area (Å²) >= 11 is 0. The van der Waals surface area contributed by atoms with Crippen molar-refractivity contribution in [2.24, 2.45) is 0 Å². The molecular weight excluding hydrogens is 320 g/mol. The lowest BCUT2D eigenvalue weighted by Crippen LogP contribution is -2.40. The number of rotatable bonds is 7. The molecule has 4 heterocycles. The van der Waals surface area contributed by atoms with Crippen LogP contribution in [0.15, 0.2) is 29.2 Å². The molecule has 0 saturated carbocycles.